The van der Waals surface area contributed by atoms with Crippen molar-refractivity contribution in [2.45, 2.75) is 75.9 Å². The third kappa shape index (κ3) is 7.90. The first kappa shape index (κ1) is 29.2. The molecular weight excluding hydrogens is 529 g/mol. The minimum Gasteiger partial charge on any atom is -0.429 e. The molecule has 2 saturated carbocycles. The molecule has 2 aromatic carbocycles. The highest BCUT2D eigenvalue weighted by Gasteiger charge is 2.39. The van der Waals surface area contributed by atoms with Crippen molar-refractivity contribution < 1.29 is 44.9 Å². The SMILES string of the molecule is COC1CCC(/C=C/C2CCC(c3ccc(C(F)(F)Oc4ccc(OC(F)(F)F)c(F)c4)c(F)c3)CC2)CC1. The lowest BCUT2D eigenvalue weighted by atomic mass is 9.77. The van der Waals surface area contributed by atoms with Crippen molar-refractivity contribution in [3.8, 4) is 11.5 Å². The van der Waals surface area contributed by atoms with Crippen LogP contribution in [0.2, 0.25) is 0 Å². The molecule has 0 aliphatic heterocycles. The summed E-state index contributed by atoms with van der Waals surface area (Å²) in [7, 11) is 1.75. The van der Waals surface area contributed by atoms with Gasteiger partial charge in [-0.05, 0) is 98.9 Å². The lowest BCUT2D eigenvalue weighted by molar-refractivity contribution is -0.275. The predicted molar refractivity (Wildman–Crippen MR) is 131 cm³/mol. The van der Waals surface area contributed by atoms with Gasteiger partial charge in [-0.25, -0.2) is 8.78 Å². The van der Waals surface area contributed by atoms with Crippen LogP contribution in [0.3, 0.4) is 0 Å². The summed E-state index contributed by atoms with van der Waals surface area (Å²) in [6, 6.07) is 4.95. The number of rotatable bonds is 8. The van der Waals surface area contributed by atoms with E-state index in [1.54, 1.807) is 7.11 Å². The van der Waals surface area contributed by atoms with Crippen LogP contribution in [0, 0.1) is 23.5 Å². The van der Waals surface area contributed by atoms with E-state index in [1.165, 1.54) is 6.07 Å². The Bertz CT molecular complexity index is 1130. The van der Waals surface area contributed by atoms with E-state index in [-0.39, 0.29) is 5.92 Å². The molecular formula is C29H31F7O3. The topological polar surface area (TPSA) is 27.7 Å². The second-order valence-electron chi connectivity index (χ2n) is 10.3. The zero-order valence-electron chi connectivity index (χ0n) is 21.5. The van der Waals surface area contributed by atoms with Gasteiger partial charge in [0.05, 0.1) is 11.7 Å². The second kappa shape index (κ2) is 12.2. The highest BCUT2D eigenvalue weighted by atomic mass is 19.4. The lowest BCUT2D eigenvalue weighted by Gasteiger charge is -2.29. The largest absolute Gasteiger partial charge is 0.573 e. The number of ether oxygens (including phenoxy) is 3. The monoisotopic (exact) mass is 560 g/mol. The molecule has 2 aliphatic carbocycles. The van der Waals surface area contributed by atoms with Crippen molar-refractivity contribution in [3.63, 3.8) is 0 Å². The number of benzene rings is 2. The molecule has 3 nitrogen and oxygen atoms in total. The van der Waals surface area contributed by atoms with Crippen molar-refractivity contribution in [3.05, 3.63) is 71.3 Å². The normalized spacial score (nSPS) is 24.6. The molecule has 0 atom stereocenters. The summed E-state index contributed by atoms with van der Waals surface area (Å²) in [6.45, 7) is 0. The molecule has 0 bridgehead atoms. The van der Waals surface area contributed by atoms with Gasteiger partial charge in [-0.1, -0.05) is 18.2 Å². The van der Waals surface area contributed by atoms with E-state index in [1.807, 2.05) is 0 Å². The average molecular weight is 561 g/mol. The molecule has 0 heterocycles. The molecule has 0 amide bonds. The van der Waals surface area contributed by atoms with E-state index in [0.29, 0.717) is 41.7 Å². The Labute approximate surface area is 222 Å². The Morgan fingerprint density at radius 2 is 1.33 bits per heavy atom. The predicted octanol–water partition coefficient (Wildman–Crippen LogP) is 9.03. The molecule has 0 aromatic heterocycles. The molecule has 2 aliphatic rings. The number of allylic oxidation sites excluding steroid dienone is 2. The molecule has 4 rings (SSSR count). The number of hydrogen-bond donors (Lipinski definition) is 0. The van der Waals surface area contributed by atoms with Crippen molar-refractivity contribution >= 4 is 0 Å². The van der Waals surface area contributed by atoms with Gasteiger partial charge in [0, 0.05) is 13.2 Å². The van der Waals surface area contributed by atoms with Crippen LogP contribution in [0.25, 0.3) is 0 Å². The highest BCUT2D eigenvalue weighted by Crippen LogP contribution is 2.40. The van der Waals surface area contributed by atoms with E-state index < -0.39 is 41.2 Å². The van der Waals surface area contributed by atoms with Gasteiger partial charge in [0.2, 0.25) is 0 Å². The van der Waals surface area contributed by atoms with Gasteiger partial charge in [0.1, 0.15) is 11.6 Å². The van der Waals surface area contributed by atoms with Gasteiger partial charge in [-0.15, -0.1) is 13.2 Å². The van der Waals surface area contributed by atoms with Gasteiger partial charge in [0.15, 0.2) is 11.6 Å². The molecule has 10 heteroatoms. The van der Waals surface area contributed by atoms with E-state index >= 15 is 0 Å². The molecule has 0 unspecified atom stereocenters. The van der Waals surface area contributed by atoms with Crippen LogP contribution in [-0.4, -0.2) is 19.6 Å². The van der Waals surface area contributed by atoms with E-state index in [0.717, 1.165) is 63.5 Å². The van der Waals surface area contributed by atoms with Crippen molar-refractivity contribution in [2.24, 2.45) is 11.8 Å². The summed E-state index contributed by atoms with van der Waals surface area (Å²) >= 11 is 0. The number of halogens is 7. The molecule has 0 N–H and O–H groups in total. The molecule has 2 fully saturated rings. The summed E-state index contributed by atoms with van der Waals surface area (Å²) < 4.78 is 108. The molecule has 0 spiro atoms. The molecule has 0 radical (unpaired) electrons. The third-order valence-corrected chi connectivity index (χ3v) is 7.63. The maximum Gasteiger partial charge on any atom is 0.573 e. The van der Waals surface area contributed by atoms with Gasteiger partial charge < -0.3 is 14.2 Å². The zero-order chi connectivity index (χ0) is 28.2. The molecule has 0 saturated heterocycles. The minimum absolute atomic E-state index is 0.0418. The summed E-state index contributed by atoms with van der Waals surface area (Å²) in [5.74, 6) is -3.66. The maximum absolute atomic E-state index is 14.8. The van der Waals surface area contributed by atoms with Crippen LogP contribution in [0.4, 0.5) is 30.7 Å². The van der Waals surface area contributed by atoms with Crippen molar-refractivity contribution in [1.82, 2.24) is 0 Å². The van der Waals surface area contributed by atoms with Crippen LogP contribution in [0.15, 0.2) is 48.6 Å². The Morgan fingerprint density at radius 3 is 1.87 bits per heavy atom. The zero-order valence-corrected chi connectivity index (χ0v) is 21.5. The number of alkyl halides is 5. The Kier molecular flexibility index (Phi) is 9.14. The second-order valence-corrected chi connectivity index (χ2v) is 10.3. The third-order valence-electron chi connectivity index (χ3n) is 7.63. The highest BCUT2D eigenvalue weighted by molar-refractivity contribution is 5.35. The smallest absolute Gasteiger partial charge is 0.429 e. The Morgan fingerprint density at radius 1 is 0.718 bits per heavy atom. The number of hydrogen-bond acceptors (Lipinski definition) is 3. The fourth-order valence-electron chi connectivity index (χ4n) is 5.45. The molecule has 2 aromatic rings. The lowest BCUT2D eigenvalue weighted by Crippen LogP contribution is -2.24. The van der Waals surface area contributed by atoms with Gasteiger partial charge in [-0.2, -0.15) is 8.78 Å². The van der Waals surface area contributed by atoms with Gasteiger partial charge >= 0.3 is 12.5 Å². The molecule has 214 valence electrons. The van der Waals surface area contributed by atoms with E-state index in [4.69, 9.17) is 4.74 Å². The Hall–Kier alpha value is -2.75. The summed E-state index contributed by atoms with van der Waals surface area (Å²) in [5.41, 5.74) is -0.436. The van der Waals surface area contributed by atoms with Crippen molar-refractivity contribution in [2.75, 3.05) is 7.11 Å². The minimum atomic E-state index is -5.16. The fourth-order valence-corrected chi connectivity index (χ4v) is 5.45. The van der Waals surface area contributed by atoms with Crippen LogP contribution in [0.5, 0.6) is 11.5 Å². The number of methoxy groups -OCH3 is 1. The average Bonchev–Trinajstić information content (AvgIpc) is 2.88. The summed E-state index contributed by atoms with van der Waals surface area (Å²) in [4.78, 5) is 0. The first-order chi connectivity index (χ1) is 18.4. The fraction of sp³-hybridized carbons (Fsp3) is 0.517. The summed E-state index contributed by atoms with van der Waals surface area (Å²) in [5, 5.41) is 0. The van der Waals surface area contributed by atoms with E-state index in [9.17, 15) is 30.7 Å². The molecule has 39 heavy (non-hydrogen) atoms. The quantitative estimate of drug-likeness (QED) is 0.238. The van der Waals surface area contributed by atoms with Crippen LogP contribution >= 0.6 is 0 Å². The van der Waals surface area contributed by atoms with Crippen molar-refractivity contribution in [1.29, 1.82) is 0 Å². The standard InChI is InChI=1S/C29H31F7O3/c1-37-22-11-6-19(7-12-22)3-2-18-4-8-20(9-5-18)21-10-14-24(25(30)16-21)28(32,33)38-23-13-15-27(26(31)17-23)39-29(34,35)36/h2-3,10,13-20,22H,4-9,11-12H2,1H3/b3-2+. The van der Waals surface area contributed by atoms with E-state index in [2.05, 4.69) is 21.6 Å². The maximum atomic E-state index is 14.8. The van der Waals surface area contributed by atoms with Crippen LogP contribution in [-0.2, 0) is 10.8 Å². The first-order valence-corrected chi connectivity index (χ1v) is 13.1. The summed E-state index contributed by atoms with van der Waals surface area (Å²) in [6.07, 6.45) is 3.49. The van der Waals surface area contributed by atoms with Crippen LogP contribution in [0.1, 0.15) is 68.4 Å². The van der Waals surface area contributed by atoms with Gasteiger partial charge in [0.25, 0.3) is 0 Å². The first-order valence-electron chi connectivity index (χ1n) is 13.1. The van der Waals surface area contributed by atoms with Crippen LogP contribution < -0.4 is 9.47 Å². The van der Waals surface area contributed by atoms with Gasteiger partial charge in [-0.3, -0.25) is 0 Å². The Balaban J connectivity index is 1.33.